The molecule has 0 unspecified atom stereocenters. The van der Waals surface area contributed by atoms with Gasteiger partial charge in [-0.25, -0.2) is 0 Å². The molecule has 0 aliphatic carbocycles. The van der Waals surface area contributed by atoms with E-state index in [1.807, 2.05) is 50.4 Å². The molecule has 1 atom stereocenters. The average molecular weight is 473 g/mol. The molecule has 0 radical (unpaired) electrons. The largest absolute Gasteiger partial charge is 0.447 e. The smallest absolute Gasteiger partial charge is 0.247 e. The van der Waals surface area contributed by atoms with E-state index in [0.29, 0.717) is 39.4 Å². The molecule has 1 aliphatic heterocycles. The molecule has 0 fully saturated rings. The number of rotatable bonds is 5. The van der Waals surface area contributed by atoms with Crippen molar-refractivity contribution in [2.75, 3.05) is 16.9 Å². The summed E-state index contributed by atoms with van der Waals surface area (Å²) in [7, 11) is 0. The summed E-state index contributed by atoms with van der Waals surface area (Å²) >= 11 is 9.44. The Bertz CT molecular complexity index is 1110. The molecule has 6 nitrogen and oxygen atoms in total. The van der Waals surface area contributed by atoms with Gasteiger partial charge < -0.3 is 4.74 Å². The van der Waals surface area contributed by atoms with Gasteiger partial charge in [0.2, 0.25) is 23.2 Å². The van der Waals surface area contributed by atoms with Crippen LogP contribution in [0.4, 0.5) is 5.69 Å². The van der Waals surface area contributed by atoms with E-state index in [2.05, 4.69) is 15.2 Å². The molecule has 2 heterocycles. The molecule has 0 spiro atoms. The first kappa shape index (κ1) is 21.9. The Kier molecular flexibility index (Phi) is 6.69. The third-order valence-electron chi connectivity index (χ3n) is 4.81. The van der Waals surface area contributed by atoms with Crippen LogP contribution in [0.1, 0.15) is 32.1 Å². The number of ether oxygens (including phenoxy) is 1. The number of benzene rings is 2. The summed E-state index contributed by atoms with van der Waals surface area (Å²) in [5.74, 6) is 1.06. The molecule has 1 aliphatic rings. The Labute approximate surface area is 194 Å². The fourth-order valence-corrected chi connectivity index (χ4v) is 4.44. The zero-order valence-corrected chi connectivity index (χ0v) is 19.7. The maximum absolute atomic E-state index is 13.1. The van der Waals surface area contributed by atoms with Gasteiger partial charge in [0.05, 0.1) is 5.69 Å². The fraction of sp³-hybridized carbons (Fsp3) is 0.273. The third-order valence-corrected chi connectivity index (χ3v) is 6.51. The molecule has 4 rings (SSSR count). The van der Waals surface area contributed by atoms with E-state index in [1.54, 1.807) is 28.8 Å². The number of halogens is 1. The van der Waals surface area contributed by atoms with Gasteiger partial charge in [-0.1, -0.05) is 49.3 Å². The maximum atomic E-state index is 13.1. The summed E-state index contributed by atoms with van der Waals surface area (Å²) in [6.07, 6.45) is 1.65. The van der Waals surface area contributed by atoms with Crippen LogP contribution < -0.4 is 9.64 Å². The van der Waals surface area contributed by atoms with Gasteiger partial charge >= 0.3 is 0 Å². The minimum absolute atomic E-state index is 0.0774. The number of thioether (sulfide) groups is 2. The molecule has 0 saturated carbocycles. The summed E-state index contributed by atoms with van der Waals surface area (Å²) in [6.45, 7) is 3.85. The molecule has 0 N–H and O–H groups in total. The van der Waals surface area contributed by atoms with Crippen LogP contribution in [0.25, 0.3) is 11.3 Å². The quantitative estimate of drug-likeness (QED) is 0.430. The van der Waals surface area contributed by atoms with Crippen LogP contribution in [-0.4, -0.2) is 33.1 Å². The van der Waals surface area contributed by atoms with Crippen molar-refractivity contribution in [2.24, 2.45) is 0 Å². The first-order valence-corrected chi connectivity index (χ1v) is 12.4. The lowest BCUT2D eigenvalue weighted by atomic mass is 10.1. The number of carbonyl (C=O) groups is 1. The summed E-state index contributed by atoms with van der Waals surface area (Å²) in [4.78, 5) is 20.5. The summed E-state index contributed by atoms with van der Waals surface area (Å²) in [6, 6.07) is 13.3. The van der Waals surface area contributed by atoms with E-state index in [1.165, 1.54) is 11.8 Å². The molecule has 9 heteroatoms. The normalized spacial score (nSPS) is 15.0. The lowest BCUT2D eigenvalue weighted by Crippen LogP contribution is -2.37. The highest BCUT2D eigenvalue weighted by atomic mass is 35.5. The van der Waals surface area contributed by atoms with Gasteiger partial charge in [-0.05, 0) is 42.3 Å². The van der Waals surface area contributed by atoms with Gasteiger partial charge in [0.15, 0.2) is 5.69 Å². The molecule has 1 aromatic heterocycles. The minimum atomic E-state index is -0.694. The number of carbonyl (C=O) groups excluding carboxylic acids is 1. The van der Waals surface area contributed by atoms with Crippen molar-refractivity contribution in [3.8, 4) is 17.1 Å². The number of hydrogen-bond acceptors (Lipinski definition) is 7. The molecular weight excluding hydrogens is 452 g/mol. The van der Waals surface area contributed by atoms with Crippen molar-refractivity contribution in [1.29, 1.82) is 0 Å². The molecule has 0 bridgehead atoms. The Balaban J connectivity index is 1.94. The van der Waals surface area contributed by atoms with Crippen LogP contribution in [0.3, 0.4) is 0 Å². The van der Waals surface area contributed by atoms with Crippen LogP contribution in [-0.2, 0) is 4.79 Å². The van der Waals surface area contributed by atoms with E-state index < -0.39 is 6.23 Å². The number of fused-ring (bicyclic) bond motifs is 3. The average Bonchev–Trinajstić information content (AvgIpc) is 2.93. The lowest BCUT2D eigenvalue weighted by Gasteiger charge is -2.30. The molecule has 160 valence electrons. The van der Waals surface area contributed by atoms with Gasteiger partial charge in [-0.15, -0.1) is 22.0 Å². The molecule has 0 saturated heterocycles. The number of hydrogen-bond donors (Lipinski definition) is 0. The molecule has 2 aromatic carbocycles. The fourth-order valence-electron chi connectivity index (χ4n) is 3.35. The van der Waals surface area contributed by atoms with Crippen LogP contribution in [0.2, 0.25) is 5.02 Å². The molecule has 3 aromatic rings. The first-order valence-electron chi connectivity index (χ1n) is 9.85. The molecule has 1 amide bonds. The zero-order chi connectivity index (χ0) is 22.0. The number of anilines is 1. The topological polar surface area (TPSA) is 68.2 Å². The van der Waals surface area contributed by atoms with Crippen LogP contribution in [0, 0.1) is 0 Å². The van der Waals surface area contributed by atoms with Gasteiger partial charge in [0.25, 0.3) is 0 Å². The van der Waals surface area contributed by atoms with E-state index in [-0.39, 0.29) is 5.91 Å². The van der Waals surface area contributed by atoms with Gasteiger partial charge in [0.1, 0.15) is 0 Å². The Morgan fingerprint density at radius 3 is 2.61 bits per heavy atom. The van der Waals surface area contributed by atoms with E-state index in [9.17, 15) is 4.79 Å². The molecule has 31 heavy (non-hydrogen) atoms. The minimum Gasteiger partial charge on any atom is -0.447 e. The standard InChI is InChI=1S/C22H21ClN4O2S2/c1-4-18(28)27-17-11-8-14(23)12-16(17)19-20(24-22(26-25-19)31-5-2)29-21(27)13-6-9-15(30-3)10-7-13/h6-12,21H,4-5H2,1-3H3/t21-/m0/s1. The van der Waals surface area contributed by atoms with Gasteiger partial charge in [-0.3, -0.25) is 9.69 Å². The van der Waals surface area contributed by atoms with Crippen molar-refractivity contribution >= 4 is 46.7 Å². The summed E-state index contributed by atoms with van der Waals surface area (Å²) in [5.41, 5.74) is 2.65. The second-order valence-corrected chi connectivity index (χ2v) is 9.25. The second kappa shape index (κ2) is 9.46. The van der Waals surface area contributed by atoms with E-state index in [4.69, 9.17) is 16.3 Å². The van der Waals surface area contributed by atoms with Crippen molar-refractivity contribution < 1.29 is 9.53 Å². The Morgan fingerprint density at radius 1 is 1.16 bits per heavy atom. The van der Waals surface area contributed by atoms with Gasteiger partial charge in [0, 0.05) is 27.5 Å². The lowest BCUT2D eigenvalue weighted by molar-refractivity contribution is -0.120. The summed E-state index contributed by atoms with van der Waals surface area (Å²) in [5, 5.41) is 9.69. The highest BCUT2D eigenvalue weighted by Crippen LogP contribution is 2.44. The van der Waals surface area contributed by atoms with E-state index >= 15 is 0 Å². The highest BCUT2D eigenvalue weighted by molar-refractivity contribution is 7.99. The van der Waals surface area contributed by atoms with E-state index in [0.717, 1.165) is 16.2 Å². The van der Waals surface area contributed by atoms with Crippen molar-refractivity contribution in [1.82, 2.24) is 15.2 Å². The number of aromatic nitrogens is 3. The zero-order valence-electron chi connectivity index (χ0n) is 17.3. The number of nitrogens with zero attached hydrogens (tertiary/aromatic N) is 4. The predicted octanol–water partition coefficient (Wildman–Crippen LogP) is 5.86. The third kappa shape index (κ3) is 4.37. The highest BCUT2D eigenvalue weighted by Gasteiger charge is 2.35. The van der Waals surface area contributed by atoms with Crippen LogP contribution in [0.15, 0.2) is 52.5 Å². The first-order chi connectivity index (χ1) is 15.0. The van der Waals surface area contributed by atoms with Crippen LogP contribution >= 0.6 is 35.1 Å². The SMILES string of the molecule is CCSc1nnc2c(n1)O[C@@H](c1ccc(SC)cc1)N(C(=O)CC)c1ccc(Cl)cc1-2. The summed E-state index contributed by atoms with van der Waals surface area (Å²) < 4.78 is 6.39. The van der Waals surface area contributed by atoms with Crippen molar-refractivity contribution in [3.05, 3.63) is 53.1 Å². The maximum Gasteiger partial charge on any atom is 0.247 e. The second-order valence-electron chi connectivity index (χ2n) is 6.70. The van der Waals surface area contributed by atoms with Gasteiger partial charge in [-0.2, -0.15) is 4.98 Å². The Hall–Kier alpha value is -2.29. The molecular formula is C22H21ClN4O2S2. The monoisotopic (exact) mass is 472 g/mol. The van der Waals surface area contributed by atoms with Crippen LogP contribution in [0.5, 0.6) is 5.88 Å². The number of amides is 1. The van der Waals surface area contributed by atoms with Crippen molar-refractivity contribution in [3.63, 3.8) is 0 Å². The predicted molar refractivity (Wildman–Crippen MR) is 126 cm³/mol. The van der Waals surface area contributed by atoms with Crippen molar-refractivity contribution in [2.45, 2.75) is 36.5 Å². The Morgan fingerprint density at radius 2 is 1.94 bits per heavy atom.